The van der Waals surface area contributed by atoms with E-state index in [0.29, 0.717) is 6.42 Å². The van der Waals surface area contributed by atoms with Crippen LogP contribution in [0.5, 0.6) is 0 Å². The first kappa shape index (κ1) is 24.4. The highest BCUT2D eigenvalue weighted by Gasteiger charge is 2.42. The minimum absolute atomic E-state index is 0.000698. The fraction of sp³-hybridized carbons (Fsp3) is 0.280. The van der Waals surface area contributed by atoms with E-state index in [0.717, 1.165) is 12.2 Å². The van der Waals surface area contributed by atoms with Gasteiger partial charge in [-0.1, -0.05) is 30.3 Å². The number of hydrogen-bond donors (Lipinski definition) is 1. The van der Waals surface area contributed by atoms with Crippen molar-refractivity contribution in [1.82, 2.24) is 0 Å². The third-order valence-corrected chi connectivity index (χ3v) is 5.44. The lowest BCUT2D eigenvalue weighted by atomic mass is 9.81. The van der Waals surface area contributed by atoms with Crippen molar-refractivity contribution in [1.29, 1.82) is 5.26 Å². The number of hydrogen-bond acceptors (Lipinski definition) is 5. The van der Waals surface area contributed by atoms with Gasteiger partial charge in [-0.05, 0) is 37.6 Å². The van der Waals surface area contributed by atoms with Crippen LogP contribution in [-0.2, 0) is 15.0 Å². The molecule has 32 heavy (non-hydrogen) atoms. The maximum Gasteiger partial charge on any atom is 0.351 e. The van der Waals surface area contributed by atoms with Crippen molar-refractivity contribution in [2.24, 2.45) is 0 Å². The lowest BCUT2D eigenvalue weighted by Crippen LogP contribution is -2.30. The molecule has 0 amide bonds. The zero-order chi connectivity index (χ0) is 23.9. The molecule has 0 radical (unpaired) electrons. The molecule has 3 rings (SSSR count). The average Bonchev–Trinajstić information content (AvgIpc) is 2.97. The predicted octanol–water partition coefficient (Wildman–Crippen LogP) is 2.58. The summed E-state index contributed by atoms with van der Waals surface area (Å²) in [6.45, 7) is 5.31. The SMILES string of the molecule is CN(CCC#N)c1ccc(C=CC2=[N+](C)c3ccccc3C2(C)C)cc1.O=C([O-])C(=O)O. The van der Waals surface area contributed by atoms with Crippen LogP contribution in [0.25, 0.3) is 6.08 Å². The summed E-state index contributed by atoms with van der Waals surface area (Å²) in [5.74, 6) is -4.01. The van der Waals surface area contributed by atoms with E-state index in [2.05, 4.69) is 97.1 Å². The molecule has 0 aliphatic carbocycles. The third-order valence-electron chi connectivity index (χ3n) is 5.44. The first-order valence-corrected chi connectivity index (χ1v) is 10.1. The summed E-state index contributed by atoms with van der Waals surface area (Å²) in [7, 11) is 4.16. The highest BCUT2D eigenvalue weighted by Crippen LogP contribution is 2.39. The monoisotopic (exact) mass is 433 g/mol. The number of carbonyl (C=O) groups excluding carboxylic acids is 1. The van der Waals surface area contributed by atoms with E-state index in [1.807, 2.05) is 7.05 Å². The Labute approximate surface area is 188 Å². The van der Waals surface area contributed by atoms with Gasteiger partial charge >= 0.3 is 5.97 Å². The van der Waals surface area contributed by atoms with Crippen LogP contribution < -0.4 is 10.0 Å². The highest BCUT2D eigenvalue weighted by atomic mass is 16.4. The molecule has 0 saturated heterocycles. The number of benzene rings is 2. The van der Waals surface area contributed by atoms with Gasteiger partial charge in [-0.25, -0.2) is 4.79 Å². The molecule has 2 aromatic carbocycles. The van der Waals surface area contributed by atoms with Crippen LogP contribution in [0.3, 0.4) is 0 Å². The molecule has 1 N–H and O–H groups in total. The Bertz CT molecular complexity index is 1080. The fourth-order valence-corrected chi connectivity index (χ4v) is 3.66. The standard InChI is InChI=1S/C23H26N3.C2H2O4/c1-23(2)20-8-5-6-9-21(20)26(4)22(23)15-12-18-10-13-19(14-11-18)25(3)17-7-16-24;3-1(4)2(5)6/h5-6,8-15H,7,17H2,1-4H3;(H,3,4)(H,5,6)/q+1;/p-1. The Balaban J connectivity index is 0.000000534. The molecule has 166 valence electrons. The van der Waals surface area contributed by atoms with Gasteiger partial charge in [0.15, 0.2) is 11.7 Å². The number of nitriles is 1. The van der Waals surface area contributed by atoms with Crippen LogP contribution in [0.2, 0.25) is 0 Å². The molecule has 0 atom stereocenters. The Kier molecular flexibility index (Phi) is 7.92. The van der Waals surface area contributed by atoms with Crippen LogP contribution in [-0.4, -0.2) is 48.0 Å². The molecule has 1 heterocycles. The van der Waals surface area contributed by atoms with Gasteiger partial charge in [0.05, 0.1) is 17.9 Å². The summed E-state index contributed by atoms with van der Waals surface area (Å²) in [5.41, 5.74) is 6.27. The number of nitrogens with zero attached hydrogens (tertiary/aromatic N) is 3. The molecule has 7 nitrogen and oxygen atoms in total. The summed E-state index contributed by atoms with van der Waals surface area (Å²) in [6.07, 6.45) is 4.95. The number of carboxylic acids is 2. The molecule has 0 aromatic heterocycles. The number of carbonyl (C=O) groups is 2. The van der Waals surface area contributed by atoms with E-state index in [1.54, 1.807) is 0 Å². The quantitative estimate of drug-likeness (QED) is 0.574. The summed E-state index contributed by atoms with van der Waals surface area (Å²) in [4.78, 5) is 20.1. The fourth-order valence-electron chi connectivity index (χ4n) is 3.66. The van der Waals surface area contributed by atoms with Gasteiger partial charge in [0, 0.05) is 37.0 Å². The van der Waals surface area contributed by atoms with Crippen molar-refractivity contribution in [2.75, 3.05) is 25.5 Å². The summed E-state index contributed by atoms with van der Waals surface area (Å²) in [6, 6.07) is 19.3. The number of fused-ring (bicyclic) bond motifs is 1. The summed E-state index contributed by atoms with van der Waals surface area (Å²) >= 11 is 0. The molecule has 0 unspecified atom stereocenters. The minimum atomic E-state index is -2.07. The number of rotatable bonds is 5. The molecule has 0 saturated carbocycles. The smallest absolute Gasteiger partial charge is 0.351 e. The van der Waals surface area contributed by atoms with E-state index >= 15 is 0 Å². The second-order valence-corrected chi connectivity index (χ2v) is 7.93. The number of anilines is 1. The van der Waals surface area contributed by atoms with Crippen LogP contribution in [0, 0.1) is 11.3 Å². The van der Waals surface area contributed by atoms with E-state index in [4.69, 9.17) is 25.1 Å². The van der Waals surface area contributed by atoms with Crippen molar-refractivity contribution in [3.8, 4) is 6.07 Å². The van der Waals surface area contributed by atoms with E-state index in [1.165, 1.54) is 22.5 Å². The second kappa shape index (κ2) is 10.4. The first-order chi connectivity index (χ1) is 15.1. The van der Waals surface area contributed by atoms with Gasteiger partial charge in [-0.2, -0.15) is 9.84 Å². The molecule has 1 aliphatic rings. The van der Waals surface area contributed by atoms with E-state index in [9.17, 15) is 0 Å². The number of allylic oxidation sites excluding steroid dienone is 1. The van der Waals surface area contributed by atoms with Crippen molar-refractivity contribution in [3.05, 3.63) is 65.7 Å². The molecule has 2 aromatic rings. The van der Waals surface area contributed by atoms with Gasteiger partial charge in [0.25, 0.3) is 0 Å². The van der Waals surface area contributed by atoms with E-state index < -0.39 is 11.9 Å². The zero-order valence-corrected chi connectivity index (χ0v) is 18.7. The maximum atomic E-state index is 9.04. The van der Waals surface area contributed by atoms with Crippen molar-refractivity contribution < 1.29 is 24.4 Å². The van der Waals surface area contributed by atoms with Gasteiger partial charge in [-0.15, -0.1) is 0 Å². The van der Waals surface area contributed by atoms with Crippen LogP contribution in [0.15, 0.2) is 54.6 Å². The number of carboxylic acid groups (broad SMARTS) is 2. The zero-order valence-electron chi connectivity index (χ0n) is 18.7. The molecule has 7 heteroatoms. The summed E-state index contributed by atoms with van der Waals surface area (Å²) in [5, 5.41) is 25.0. The maximum absolute atomic E-state index is 9.04. The Morgan fingerprint density at radius 1 is 1.16 bits per heavy atom. The summed E-state index contributed by atoms with van der Waals surface area (Å²) < 4.78 is 2.29. The lowest BCUT2D eigenvalue weighted by Gasteiger charge is -2.17. The number of para-hydroxylation sites is 1. The van der Waals surface area contributed by atoms with Gasteiger partial charge < -0.3 is 19.9 Å². The lowest BCUT2D eigenvalue weighted by molar-refractivity contribution is -0.401. The van der Waals surface area contributed by atoms with Crippen molar-refractivity contribution in [2.45, 2.75) is 25.7 Å². The van der Waals surface area contributed by atoms with Crippen LogP contribution in [0.1, 0.15) is 31.4 Å². The second-order valence-electron chi connectivity index (χ2n) is 7.93. The predicted molar refractivity (Wildman–Crippen MR) is 122 cm³/mol. The highest BCUT2D eigenvalue weighted by molar-refractivity contribution is 6.26. The third kappa shape index (κ3) is 5.61. The Morgan fingerprint density at radius 3 is 2.28 bits per heavy atom. The molecule has 0 bridgehead atoms. The van der Waals surface area contributed by atoms with Crippen molar-refractivity contribution in [3.63, 3.8) is 0 Å². The van der Waals surface area contributed by atoms with Gasteiger partial charge in [0.2, 0.25) is 5.69 Å². The number of aliphatic carboxylic acids is 2. The average molecular weight is 434 g/mol. The van der Waals surface area contributed by atoms with Crippen LogP contribution in [0.4, 0.5) is 11.4 Å². The minimum Gasteiger partial charge on any atom is -0.539 e. The molecular weight excluding hydrogens is 406 g/mol. The Morgan fingerprint density at radius 2 is 1.75 bits per heavy atom. The normalized spacial score (nSPS) is 13.7. The molecule has 0 spiro atoms. The van der Waals surface area contributed by atoms with Crippen LogP contribution >= 0.6 is 0 Å². The molecule has 1 aliphatic heterocycles. The molecule has 0 fully saturated rings. The topological polar surface area (TPSA) is 107 Å². The van der Waals surface area contributed by atoms with E-state index in [-0.39, 0.29) is 5.41 Å². The van der Waals surface area contributed by atoms with Gasteiger partial charge in [0.1, 0.15) is 7.05 Å². The van der Waals surface area contributed by atoms with Gasteiger partial charge in [-0.3, -0.25) is 0 Å². The largest absolute Gasteiger partial charge is 0.539 e. The Hall–Kier alpha value is -3.92. The van der Waals surface area contributed by atoms with Crippen molar-refractivity contribution >= 4 is 35.1 Å². The first-order valence-electron chi connectivity index (χ1n) is 10.1. The molecular formula is C25H27N3O4.